The van der Waals surface area contributed by atoms with Gasteiger partial charge in [0.05, 0.1) is 0 Å². The lowest BCUT2D eigenvalue weighted by molar-refractivity contribution is -0.108. The number of carbonyl (C=O) groups is 1. The minimum Gasteiger partial charge on any atom is -0.370 e. The van der Waals surface area contributed by atoms with E-state index in [0.29, 0.717) is 13.0 Å². The Hall–Kier alpha value is -1.06. The summed E-state index contributed by atoms with van der Waals surface area (Å²) in [6.07, 6.45) is 1.44. The van der Waals surface area contributed by atoms with Crippen LogP contribution in [-0.4, -0.2) is 18.9 Å². The van der Waals surface area contributed by atoms with Crippen molar-refractivity contribution in [3.05, 3.63) is 0 Å². The van der Waals surface area contributed by atoms with Gasteiger partial charge in [-0.05, 0) is 6.42 Å². The third-order valence-electron chi connectivity index (χ3n) is 0.713. The Morgan fingerprint density at radius 1 is 1.89 bits per heavy atom. The summed E-state index contributed by atoms with van der Waals surface area (Å²) in [5.41, 5.74) is 5.18. The zero-order valence-electron chi connectivity index (χ0n) is 5.42. The maximum Gasteiger partial charge on any atom is 0.213 e. The first kappa shape index (κ1) is 7.94. The number of aliphatic imine (C=N–C) groups is 1. The van der Waals surface area contributed by atoms with Gasteiger partial charge in [0.25, 0.3) is 0 Å². The molecule has 0 unspecified atom stereocenters. The van der Waals surface area contributed by atoms with Crippen LogP contribution in [0.2, 0.25) is 0 Å². The number of nitrogens with zero attached hydrogens (tertiary/aromatic N) is 1. The number of rotatable bonds is 3. The fraction of sp³-hybridized carbons (Fsp3) is 0.600. The van der Waals surface area contributed by atoms with Crippen LogP contribution in [0.25, 0.3) is 0 Å². The Bertz CT molecular complexity index is 111. The topological polar surface area (TPSA) is 67.5 Å². The SMILES string of the molecule is CCCN=C(N)NC=O. The van der Waals surface area contributed by atoms with Gasteiger partial charge >= 0.3 is 0 Å². The summed E-state index contributed by atoms with van der Waals surface area (Å²) in [6, 6.07) is 0. The normalized spacial score (nSPS) is 11.0. The van der Waals surface area contributed by atoms with Crippen molar-refractivity contribution in [1.82, 2.24) is 5.32 Å². The van der Waals surface area contributed by atoms with Crippen LogP contribution in [-0.2, 0) is 4.79 Å². The maximum atomic E-state index is 9.71. The molecule has 52 valence electrons. The van der Waals surface area contributed by atoms with Gasteiger partial charge < -0.3 is 5.73 Å². The largest absolute Gasteiger partial charge is 0.370 e. The molecule has 0 aromatic rings. The quantitative estimate of drug-likeness (QED) is 0.305. The first-order chi connectivity index (χ1) is 4.31. The van der Waals surface area contributed by atoms with Crippen LogP contribution in [0.1, 0.15) is 13.3 Å². The molecule has 3 N–H and O–H groups in total. The van der Waals surface area contributed by atoms with Gasteiger partial charge in [0.1, 0.15) is 0 Å². The fourth-order valence-corrected chi connectivity index (χ4v) is 0.338. The third-order valence-corrected chi connectivity index (χ3v) is 0.713. The van der Waals surface area contributed by atoms with Crippen LogP contribution in [0.4, 0.5) is 0 Å². The van der Waals surface area contributed by atoms with Crippen LogP contribution in [0.5, 0.6) is 0 Å². The van der Waals surface area contributed by atoms with E-state index in [1.165, 1.54) is 0 Å². The Labute approximate surface area is 54.1 Å². The van der Waals surface area contributed by atoms with E-state index >= 15 is 0 Å². The number of hydrogen-bond donors (Lipinski definition) is 2. The summed E-state index contributed by atoms with van der Waals surface area (Å²) in [7, 11) is 0. The molecule has 0 aliphatic carbocycles. The average molecular weight is 129 g/mol. The van der Waals surface area contributed by atoms with Gasteiger partial charge in [0.15, 0.2) is 5.96 Å². The second-order valence-corrected chi connectivity index (χ2v) is 1.53. The first-order valence-corrected chi connectivity index (χ1v) is 2.81. The molecule has 0 spiro atoms. The molecule has 0 radical (unpaired) electrons. The highest BCUT2D eigenvalue weighted by molar-refractivity contribution is 5.87. The van der Waals surface area contributed by atoms with Gasteiger partial charge in [-0.15, -0.1) is 0 Å². The summed E-state index contributed by atoms with van der Waals surface area (Å²) in [4.78, 5) is 13.5. The minimum atomic E-state index is 0.187. The second kappa shape index (κ2) is 5.08. The molecular weight excluding hydrogens is 118 g/mol. The number of guanidine groups is 1. The molecule has 0 rings (SSSR count). The average Bonchev–Trinajstić information content (AvgIpc) is 1.85. The molecule has 9 heavy (non-hydrogen) atoms. The lowest BCUT2D eigenvalue weighted by Crippen LogP contribution is -2.30. The second-order valence-electron chi connectivity index (χ2n) is 1.53. The van der Waals surface area contributed by atoms with Gasteiger partial charge in [-0.1, -0.05) is 6.92 Å². The summed E-state index contributed by atoms with van der Waals surface area (Å²) in [5, 5.41) is 2.23. The Morgan fingerprint density at radius 3 is 3.00 bits per heavy atom. The van der Waals surface area contributed by atoms with Crippen LogP contribution in [0.15, 0.2) is 4.99 Å². The van der Waals surface area contributed by atoms with Crippen molar-refractivity contribution in [2.24, 2.45) is 10.7 Å². The predicted molar refractivity (Wildman–Crippen MR) is 36.0 cm³/mol. The van der Waals surface area contributed by atoms with E-state index in [1.807, 2.05) is 6.92 Å². The Balaban J connectivity index is 3.42. The molecule has 0 aromatic heterocycles. The lowest BCUT2D eigenvalue weighted by atomic mass is 10.5. The van der Waals surface area contributed by atoms with Gasteiger partial charge in [0, 0.05) is 6.54 Å². The third kappa shape index (κ3) is 4.80. The van der Waals surface area contributed by atoms with Crippen LogP contribution in [0, 0.1) is 0 Å². The molecule has 0 bridgehead atoms. The fourth-order valence-electron chi connectivity index (χ4n) is 0.338. The highest BCUT2D eigenvalue weighted by atomic mass is 16.1. The van der Waals surface area contributed by atoms with Crippen LogP contribution >= 0.6 is 0 Å². The van der Waals surface area contributed by atoms with Crippen LogP contribution in [0.3, 0.4) is 0 Å². The molecular formula is C5H11N3O. The molecule has 4 heteroatoms. The number of carbonyl (C=O) groups excluding carboxylic acids is 1. The molecule has 0 aliphatic heterocycles. The highest BCUT2D eigenvalue weighted by Gasteiger charge is 1.83. The van der Waals surface area contributed by atoms with Crippen molar-refractivity contribution in [2.75, 3.05) is 6.54 Å². The van der Waals surface area contributed by atoms with E-state index in [9.17, 15) is 4.79 Å². The van der Waals surface area contributed by atoms with E-state index in [1.54, 1.807) is 0 Å². The zero-order valence-corrected chi connectivity index (χ0v) is 5.42. The molecule has 1 amide bonds. The molecule has 4 nitrogen and oxygen atoms in total. The van der Waals surface area contributed by atoms with E-state index < -0.39 is 0 Å². The number of hydrogen-bond acceptors (Lipinski definition) is 2. The monoisotopic (exact) mass is 129 g/mol. The van der Waals surface area contributed by atoms with Gasteiger partial charge in [-0.25, -0.2) is 0 Å². The lowest BCUT2D eigenvalue weighted by Gasteiger charge is -1.93. The van der Waals surface area contributed by atoms with E-state index in [2.05, 4.69) is 10.3 Å². The van der Waals surface area contributed by atoms with E-state index in [0.717, 1.165) is 6.42 Å². The summed E-state index contributed by atoms with van der Waals surface area (Å²) in [5.74, 6) is 0.187. The molecule has 0 saturated heterocycles. The Kier molecular flexibility index (Phi) is 4.49. The van der Waals surface area contributed by atoms with Crippen molar-refractivity contribution >= 4 is 12.4 Å². The van der Waals surface area contributed by atoms with E-state index in [-0.39, 0.29) is 5.96 Å². The molecule has 0 aromatic carbocycles. The molecule has 0 heterocycles. The molecule has 0 fully saturated rings. The van der Waals surface area contributed by atoms with Crippen molar-refractivity contribution in [1.29, 1.82) is 0 Å². The van der Waals surface area contributed by atoms with Crippen molar-refractivity contribution < 1.29 is 4.79 Å². The number of nitrogens with one attached hydrogen (secondary N) is 1. The molecule has 0 aliphatic rings. The minimum absolute atomic E-state index is 0.187. The summed E-state index contributed by atoms with van der Waals surface area (Å²) < 4.78 is 0. The van der Waals surface area contributed by atoms with Gasteiger partial charge in [0.2, 0.25) is 6.41 Å². The van der Waals surface area contributed by atoms with Crippen molar-refractivity contribution in [3.8, 4) is 0 Å². The Morgan fingerprint density at radius 2 is 2.56 bits per heavy atom. The van der Waals surface area contributed by atoms with Crippen molar-refractivity contribution in [2.45, 2.75) is 13.3 Å². The molecule has 0 atom stereocenters. The zero-order chi connectivity index (χ0) is 7.11. The smallest absolute Gasteiger partial charge is 0.213 e. The maximum absolute atomic E-state index is 9.71. The predicted octanol–water partition coefficient (Wildman–Crippen LogP) is -0.543. The van der Waals surface area contributed by atoms with Crippen molar-refractivity contribution in [3.63, 3.8) is 0 Å². The molecule has 0 saturated carbocycles. The first-order valence-electron chi connectivity index (χ1n) is 2.81. The number of nitrogens with two attached hydrogens (primary N) is 1. The highest BCUT2D eigenvalue weighted by Crippen LogP contribution is 1.74. The summed E-state index contributed by atoms with van der Waals surface area (Å²) in [6.45, 7) is 2.64. The number of amides is 1. The summed E-state index contributed by atoms with van der Waals surface area (Å²) >= 11 is 0. The standard InChI is InChI=1S/C5H11N3O/c1-2-3-7-5(6)8-4-9/h4H,2-3H2,1H3,(H3,6,7,8,9). The van der Waals surface area contributed by atoms with Gasteiger partial charge in [-0.3, -0.25) is 15.1 Å². The van der Waals surface area contributed by atoms with E-state index in [4.69, 9.17) is 5.73 Å². The van der Waals surface area contributed by atoms with Gasteiger partial charge in [-0.2, -0.15) is 0 Å². The van der Waals surface area contributed by atoms with Crippen LogP contribution < -0.4 is 11.1 Å².